The molecule has 0 unspecified atom stereocenters. The smallest absolute Gasteiger partial charge is 0.335 e. The fourth-order valence-corrected chi connectivity index (χ4v) is 4.30. The highest BCUT2D eigenvalue weighted by Gasteiger charge is 2.22. The lowest BCUT2D eigenvalue weighted by Gasteiger charge is -2.18. The van der Waals surface area contributed by atoms with Crippen LogP contribution in [0.25, 0.3) is 5.69 Å². The average Bonchev–Trinajstić information content (AvgIpc) is 2.95. The summed E-state index contributed by atoms with van der Waals surface area (Å²) in [5.74, 6) is -2.62. The first-order valence-electron chi connectivity index (χ1n) is 13.4. The van der Waals surface area contributed by atoms with Gasteiger partial charge in [-0.05, 0) is 57.2 Å². The second kappa shape index (κ2) is 13.3. The highest BCUT2D eigenvalue weighted by Crippen LogP contribution is 2.31. The number of nitrogen functional groups attached to an aromatic ring is 1. The number of nitrogens with one attached hydrogen (secondary N) is 3. The number of benzene rings is 2. The summed E-state index contributed by atoms with van der Waals surface area (Å²) < 4.78 is 41.5. The van der Waals surface area contributed by atoms with Gasteiger partial charge in [-0.15, -0.1) is 0 Å². The number of ether oxygens (including phenoxy) is 2. The third-order valence-corrected chi connectivity index (χ3v) is 6.41. The Kier molecular flexibility index (Phi) is 9.54. The molecule has 0 saturated carbocycles. The van der Waals surface area contributed by atoms with Gasteiger partial charge in [-0.2, -0.15) is 0 Å². The van der Waals surface area contributed by atoms with Gasteiger partial charge in [0.05, 0.1) is 12.3 Å². The van der Waals surface area contributed by atoms with Crippen molar-refractivity contribution in [2.45, 2.75) is 32.9 Å². The first kappa shape index (κ1) is 31.6. The van der Waals surface area contributed by atoms with E-state index >= 15 is 4.39 Å². The number of carbonyl (C=O) groups excluding carboxylic acids is 1. The van der Waals surface area contributed by atoms with Crippen LogP contribution in [0.15, 0.2) is 70.5 Å². The number of nitrogens with two attached hydrogens (primary N) is 1. The van der Waals surface area contributed by atoms with Crippen LogP contribution in [0.1, 0.15) is 42.7 Å². The van der Waals surface area contributed by atoms with Crippen molar-refractivity contribution in [1.29, 1.82) is 5.41 Å². The number of nitrogens with zero attached hydrogens (tertiary/aromatic N) is 3. The van der Waals surface area contributed by atoms with E-state index in [1.807, 2.05) is 0 Å². The molecule has 0 aliphatic carbocycles. The molecule has 4 rings (SSSR count). The van der Waals surface area contributed by atoms with Crippen LogP contribution in [0.2, 0.25) is 0 Å². The van der Waals surface area contributed by atoms with Crippen LogP contribution >= 0.6 is 0 Å². The highest BCUT2D eigenvalue weighted by atomic mass is 19.1. The van der Waals surface area contributed by atoms with Crippen LogP contribution in [0.3, 0.4) is 0 Å². The third kappa shape index (κ3) is 6.81. The standard InChI is InChI=1S/C30H31F2N7O5/c1-16(2)38-14-21(29(41)39(30(38)42)20-8-5-18(31)6-9-20)28(40)37-19-7-10-23(22(32)13-19)44-24-11-12-35-26(33)25(24)27(34)36-17(3)15-43-4/h5-14,16-17H,15H2,1-4H3,(H2,33,35)(H2,34,36)(H,37,40)/t17-/m0/s1. The Hall–Kier alpha value is -5.37. The molecule has 5 N–H and O–H groups in total. The van der Waals surface area contributed by atoms with E-state index in [4.69, 9.17) is 20.6 Å². The monoisotopic (exact) mass is 607 g/mol. The second-order valence-corrected chi connectivity index (χ2v) is 10.1. The van der Waals surface area contributed by atoms with Crippen molar-refractivity contribution in [3.63, 3.8) is 0 Å². The van der Waals surface area contributed by atoms with Crippen molar-refractivity contribution in [3.05, 3.63) is 105 Å². The summed E-state index contributed by atoms with van der Waals surface area (Å²) >= 11 is 0. The lowest BCUT2D eigenvalue weighted by Crippen LogP contribution is -2.42. The van der Waals surface area contributed by atoms with Crippen molar-refractivity contribution in [1.82, 2.24) is 19.4 Å². The van der Waals surface area contributed by atoms with Gasteiger partial charge in [0.2, 0.25) is 0 Å². The fourth-order valence-electron chi connectivity index (χ4n) is 4.30. The molecular weight excluding hydrogens is 576 g/mol. The third-order valence-electron chi connectivity index (χ3n) is 6.41. The van der Waals surface area contributed by atoms with Gasteiger partial charge in [0.1, 0.15) is 34.3 Å². The molecule has 0 bridgehead atoms. The van der Waals surface area contributed by atoms with Crippen molar-refractivity contribution >= 4 is 23.2 Å². The van der Waals surface area contributed by atoms with Crippen LogP contribution in [-0.4, -0.2) is 45.6 Å². The minimum absolute atomic E-state index is 0.00727. The molecule has 2 aromatic heterocycles. The SMILES string of the molecule is COC[C@H](C)NC(=N)c1c(Oc2ccc(NC(=O)c3cn(C(C)C)c(=O)n(-c4ccc(F)cc4)c3=O)cc2F)ccnc1N. The van der Waals surface area contributed by atoms with Crippen LogP contribution in [-0.2, 0) is 4.74 Å². The van der Waals surface area contributed by atoms with Gasteiger partial charge in [-0.1, -0.05) is 0 Å². The molecule has 2 aromatic carbocycles. The average molecular weight is 608 g/mol. The zero-order valence-corrected chi connectivity index (χ0v) is 24.4. The molecule has 0 radical (unpaired) electrons. The number of pyridine rings is 1. The number of amidine groups is 1. The molecule has 1 atom stereocenters. The molecule has 0 spiro atoms. The van der Waals surface area contributed by atoms with Gasteiger partial charge in [-0.3, -0.25) is 19.6 Å². The van der Waals surface area contributed by atoms with E-state index in [9.17, 15) is 18.8 Å². The molecule has 14 heteroatoms. The number of hydrogen-bond acceptors (Lipinski definition) is 8. The van der Waals surface area contributed by atoms with Gasteiger partial charge in [0.25, 0.3) is 11.5 Å². The summed E-state index contributed by atoms with van der Waals surface area (Å²) in [5, 5.41) is 13.8. The predicted octanol–water partition coefficient (Wildman–Crippen LogP) is 3.83. The quantitative estimate of drug-likeness (QED) is 0.156. The van der Waals surface area contributed by atoms with Gasteiger partial charge in [0, 0.05) is 49.4 Å². The number of anilines is 2. The highest BCUT2D eigenvalue weighted by molar-refractivity contribution is 6.04. The van der Waals surface area contributed by atoms with Crippen molar-refractivity contribution in [2.24, 2.45) is 0 Å². The predicted molar refractivity (Wildman–Crippen MR) is 161 cm³/mol. The second-order valence-electron chi connectivity index (χ2n) is 10.1. The maximum atomic E-state index is 15.2. The lowest BCUT2D eigenvalue weighted by molar-refractivity contribution is 0.102. The van der Waals surface area contributed by atoms with Gasteiger partial charge in [0.15, 0.2) is 11.6 Å². The number of carbonyl (C=O) groups is 1. The van der Waals surface area contributed by atoms with Crippen molar-refractivity contribution in [2.75, 3.05) is 24.8 Å². The van der Waals surface area contributed by atoms with E-state index in [1.165, 1.54) is 48.2 Å². The first-order valence-corrected chi connectivity index (χ1v) is 13.4. The van der Waals surface area contributed by atoms with Crippen LogP contribution in [0.4, 0.5) is 20.3 Å². The maximum Gasteiger partial charge on any atom is 0.335 e. The van der Waals surface area contributed by atoms with Gasteiger partial charge < -0.3 is 25.8 Å². The van der Waals surface area contributed by atoms with E-state index in [1.54, 1.807) is 20.8 Å². The van der Waals surface area contributed by atoms with E-state index in [2.05, 4.69) is 15.6 Å². The topological polar surface area (TPSA) is 166 Å². The van der Waals surface area contributed by atoms with Gasteiger partial charge >= 0.3 is 5.69 Å². The molecule has 1 amide bonds. The molecule has 0 aliphatic heterocycles. The summed E-state index contributed by atoms with van der Waals surface area (Å²) in [6.45, 7) is 5.50. The Morgan fingerprint density at radius 3 is 2.41 bits per heavy atom. The summed E-state index contributed by atoms with van der Waals surface area (Å²) in [7, 11) is 1.53. The number of aromatic nitrogens is 3. The van der Waals surface area contributed by atoms with Crippen molar-refractivity contribution in [3.8, 4) is 17.2 Å². The molecule has 0 aliphatic rings. The summed E-state index contributed by atoms with van der Waals surface area (Å²) in [4.78, 5) is 43.5. The lowest BCUT2D eigenvalue weighted by atomic mass is 10.2. The molecule has 230 valence electrons. The number of amides is 1. The fraction of sp³-hybridized carbons (Fsp3) is 0.233. The van der Waals surface area contributed by atoms with Crippen molar-refractivity contribution < 1.29 is 23.0 Å². The number of halogens is 2. The first-order chi connectivity index (χ1) is 20.9. The molecule has 0 saturated heterocycles. The largest absolute Gasteiger partial charge is 0.453 e. The minimum atomic E-state index is -0.935. The van der Waals surface area contributed by atoms with E-state index in [0.717, 1.165) is 29.0 Å². The molecule has 0 fully saturated rings. The van der Waals surface area contributed by atoms with Gasteiger partial charge in [-0.25, -0.2) is 23.1 Å². The molecule has 44 heavy (non-hydrogen) atoms. The summed E-state index contributed by atoms with van der Waals surface area (Å²) in [6.07, 6.45) is 2.48. The van der Waals surface area contributed by atoms with E-state index in [0.29, 0.717) is 6.61 Å². The van der Waals surface area contributed by atoms with E-state index in [-0.39, 0.29) is 46.1 Å². The van der Waals surface area contributed by atoms with Crippen LogP contribution in [0, 0.1) is 17.0 Å². The number of hydrogen-bond donors (Lipinski definition) is 4. The Morgan fingerprint density at radius 1 is 1.07 bits per heavy atom. The number of methoxy groups -OCH3 is 1. The Labute approximate surface area is 250 Å². The van der Waals surface area contributed by atoms with Crippen LogP contribution < -0.4 is 32.4 Å². The van der Waals surface area contributed by atoms with Crippen LogP contribution in [0.5, 0.6) is 11.5 Å². The Balaban J connectivity index is 1.62. The maximum absolute atomic E-state index is 15.2. The van der Waals surface area contributed by atoms with E-state index < -0.39 is 40.4 Å². The molecule has 2 heterocycles. The molecule has 4 aromatic rings. The number of rotatable bonds is 10. The zero-order chi connectivity index (χ0) is 32.1. The minimum Gasteiger partial charge on any atom is -0.453 e. The summed E-state index contributed by atoms with van der Waals surface area (Å²) in [6, 6.07) is 9.02. The normalized spacial score (nSPS) is 11.7. The molecule has 12 nitrogen and oxygen atoms in total. The zero-order valence-electron chi connectivity index (χ0n) is 24.4. The molecular formula is C30H31F2N7O5. The Morgan fingerprint density at radius 2 is 1.77 bits per heavy atom. The summed E-state index contributed by atoms with van der Waals surface area (Å²) in [5.41, 5.74) is 4.13. The Bertz CT molecular complexity index is 1820.